The quantitative estimate of drug-likeness (QED) is 0.141. The van der Waals surface area contributed by atoms with E-state index in [4.69, 9.17) is 18.9 Å². The van der Waals surface area contributed by atoms with Gasteiger partial charge in [0.1, 0.15) is 6.10 Å². The molecule has 1 N–H and O–H groups in total. The monoisotopic (exact) mass is 558 g/mol. The van der Waals surface area contributed by atoms with Gasteiger partial charge in [-0.15, -0.1) is 0 Å². The first-order chi connectivity index (χ1) is 18.7. The number of esters is 1. The van der Waals surface area contributed by atoms with Crippen LogP contribution in [0.15, 0.2) is 23.8 Å². The molecule has 0 amide bonds. The van der Waals surface area contributed by atoms with Crippen molar-refractivity contribution in [3.05, 3.63) is 23.8 Å². The zero-order chi connectivity index (χ0) is 28.4. The number of hydrogen-bond acceptors (Lipinski definition) is 7. The second kappa shape index (κ2) is 15.6. The van der Waals surface area contributed by atoms with Crippen molar-refractivity contribution in [2.75, 3.05) is 13.7 Å². The molecule has 3 aliphatic rings. The van der Waals surface area contributed by atoms with Crippen LogP contribution in [0.25, 0.3) is 0 Å². The Morgan fingerprint density at radius 1 is 1.10 bits per heavy atom. The number of allylic oxidation sites excluding steroid dienone is 1. The molecule has 9 heteroatoms. The van der Waals surface area contributed by atoms with Crippen LogP contribution in [-0.4, -0.2) is 61.3 Å². The molecule has 0 spiro atoms. The smallest absolute Gasteiger partial charge is 0.339 e. The molecule has 0 radical (unpaired) electrons. The number of halogens is 2. The van der Waals surface area contributed by atoms with Gasteiger partial charge < -0.3 is 28.8 Å². The molecule has 0 aromatic rings. The molecule has 39 heavy (non-hydrogen) atoms. The summed E-state index contributed by atoms with van der Waals surface area (Å²) in [4.78, 5) is 11.6. The number of hydrogen-bond donors (Lipinski definition) is 1. The Bertz CT molecular complexity index is 820. The normalized spacial score (nSPS) is 30.8. The van der Waals surface area contributed by atoms with E-state index >= 15 is 0 Å². The van der Waals surface area contributed by atoms with Crippen molar-refractivity contribution in [1.29, 1.82) is 0 Å². The maximum absolute atomic E-state index is 13.5. The van der Waals surface area contributed by atoms with Gasteiger partial charge in [-0.3, -0.25) is 0 Å². The van der Waals surface area contributed by atoms with E-state index in [1.165, 1.54) is 19.3 Å². The van der Waals surface area contributed by atoms with Gasteiger partial charge in [0.15, 0.2) is 18.2 Å². The van der Waals surface area contributed by atoms with Gasteiger partial charge in [0.25, 0.3) is 6.08 Å². The van der Waals surface area contributed by atoms with Gasteiger partial charge in [-0.25, -0.2) is 4.79 Å². The Kier molecular flexibility index (Phi) is 12.8. The minimum Gasteiger partial charge on any atom is -0.467 e. The molecule has 1 saturated carbocycles. The molecular formula is C30H48F2O7. The highest BCUT2D eigenvalue weighted by atomic mass is 19.3. The number of fused-ring (bicyclic) bond motifs is 1. The average molecular weight is 559 g/mol. The SMILES string of the molecule is CCCCCCC=C[C@@H]1[C@@H](CCCCC(=C(F)F)C(O)C(=O)OC)[C@@H](OC2CCCCO2)[C@H]2OC(C)(C)O[C@@H]12. The number of methoxy groups -OCH3 is 1. The molecule has 1 aliphatic carbocycles. The first-order valence-corrected chi connectivity index (χ1v) is 14.8. The third-order valence-corrected chi connectivity index (χ3v) is 8.04. The van der Waals surface area contributed by atoms with Gasteiger partial charge in [0, 0.05) is 18.1 Å². The third-order valence-electron chi connectivity index (χ3n) is 8.04. The Labute approximate surface area is 232 Å². The Hall–Kier alpha value is -1.39. The van der Waals surface area contributed by atoms with Gasteiger partial charge in [0.05, 0.1) is 19.3 Å². The van der Waals surface area contributed by atoms with Crippen molar-refractivity contribution in [2.45, 2.75) is 134 Å². The largest absolute Gasteiger partial charge is 0.467 e. The number of aliphatic hydroxyl groups excluding tert-OH is 1. The van der Waals surface area contributed by atoms with Gasteiger partial charge >= 0.3 is 5.97 Å². The molecule has 2 aliphatic heterocycles. The van der Waals surface area contributed by atoms with Crippen LogP contribution in [0.5, 0.6) is 0 Å². The number of rotatable bonds is 15. The molecule has 0 aromatic heterocycles. The average Bonchev–Trinajstić information content (AvgIpc) is 3.35. The van der Waals surface area contributed by atoms with Crippen molar-refractivity contribution >= 4 is 5.97 Å². The summed E-state index contributed by atoms with van der Waals surface area (Å²) in [6, 6.07) is 0. The van der Waals surface area contributed by atoms with Gasteiger partial charge in [-0.2, -0.15) is 8.78 Å². The first-order valence-electron chi connectivity index (χ1n) is 14.8. The fraction of sp³-hybridized carbons (Fsp3) is 0.833. The van der Waals surface area contributed by atoms with Crippen LogP contribution in [0.4, 0.5) is 8.78 Å². The maximum atomic E-state index is 13.5. The van der Waals surface area contributed by atoms with E-state index in [9.17, 15) is 18.7 Å². The summed E-state index contributed by atoms with van der Waals surface area (Å²) in [5, 5.41) is 9.97. The Morgan fingerprint density at radius 2 is 1.87 bits per heavy atom. The molecule has 224 valence electrons. The lowest BCUT2D eigenvalue weighted by molar-refractivity contribution is -0.230. The number of unbranched alkanes of at least 4 members (excludes halogenated alkanes) is 5. The summed E-state index contributed by atoms with van der Waals surface area (Å²) in [5.41, 5.74) is -0.578. The number of carbonyl (C=O) groups is 1. The molecule has 2 saturated heterocycles. The van der Waals surface area contributed by atoms with Gasteiger partial charge in [0.2, 0.25) is 0 Å². The topological polar surface area (TPSA) is 83.5 Å². The summed E-state index contributed by atoms with van der Waals surface area (Å²) >= 11 is 0. The van der Waals surface area contributed by atoms with Crippen LogP contribution in [0, 0.1) is 11.8 Å². The van der Waals surface area contributed by atoms with E-state index < -0.39 is 29.5 Å². The molecule has 0 aromatic carbocycles. The van der Waals surface area contributed by atoms with E-state index in [0.717, 1.165) is 39.2 Å². The zero-order valence-corrected chi connectivity index (χ0v) is 24.0. The van der Waals surface area contributed by atoms with E-state index in [0.29, 0.717) is 25.9 Å². The highest BCUT2D eigenvalue weighted by molar-refractivity contribution is 5.77. The van der Waals surface area contributed by atoms with E-state index in [2.05, 4.69) is 23.8 Å². The summed E-state index contributed by atoms with van der Waals surface area (Å²) in [6.07, 6.45) is 9.85. The fourth-order valence-corrected chi connectivity index (χ4v) is 6.08. The van der Waals surface area contributed by atoms with Crippen LogP contribution in [-0.2, 0) is 28.5 Å². The molecule has 2 heterocycles. The summed E-state index contributed by atoms with van der Waals surface area (Å²) in [6.45, 7) is 6.72. The van der Waals surface area contributed by atoms with Crippen LogP contribution in [0.2, 0.25) is 0 Å². The third kappa shape index (κ3) is 9.05. The summed E-state index contributed by atoms with van der Waals surface area (Å²) in [7, 11) is 1.06. The molecule has 2 unspecified atom stereocenters. The van der Waals surface area contributed by atoms with Crippen LogP contribution in [0.3, 0.4) is 0 Å². The fourth-order valence-electron chi connectivity index (χ4n) is 6.08. The second-order valence-corrected chi connectivity index (χ2v) is 11.4. The Morgan fingerprint density at radius 3 is 2.54 bits per heavy atom. The van der Waals surface area contributed by atoms with Crippen molar-refractivity contribution in [3.63, 3.8) is 0 Å². The number of carbonyl (C=O) groups excluding carboxylic acids is 1. The van der Waals surface area contributed by atoms with Crippen molar-refractivity contribution < 1.29 is 42.4 Å². The molecule has 7 nitrogen and oxygen atoms in total. The predicted octanol–water partition coefficient (Wildman–Crippen LogP) is 6.44. The minimum atomic E-state index is -2.04. The number of ether oxygens (including phenoxy) is 5. The Balaban J connectivity index is 1.72. The first kappa shape index (κ1) is 32.1. The highest BCUT2D eigenvalue weighted by Crippen LogP contribution is 2.49. The van der Waals surface area contributed by atoms with Crippen molar-refractivity contribution in [2.24, 2.45) is 11.8 Å². The summed E-state index contributed by atoms with van der Waals surface area (Å²) in [5.74, 6) is -1.68. The lowest BCUT2D eigenvalue weighted by Gasteiger charge is -2.33. The summed E-state index contributed by atoms with van der Waals surface area (Å²) < 4.78 is 56.6. The van der Waals surface area contributed by atoms with Crippen LogP contribution < -0.4 is 0 Å². The van der Waals surface area contributed by atoms with Crippen molar-refractivity contribution in [1.82, 2.24) is 0 Å². The maximum Gasteiger partial charge on any atom is 0.339 e. The van der Waals surface area contributed by atoms with Crippen molar-refractivity contribution in [3.8, 4) is 0 Å². The van der Waals surface area contributed by atoms with E-state index in [-0.39, 0.29) is 42.9 Å². The second-order valence-electron chi connectivity index (χ2n) is 11.4. The predicted molar refractivity (Wildman–Crippen MR) is 143 cm³/mol. The highest BCUT2D eigenvalue weighted by Gasteiger charge is 2.58. The zero-order valence-electron chi connectivity index (χ0n) is 24.0. The van der Waals surface area contributed by atoms with Gasteiger partial charge in [-0.05, 0) is 71.1 Å². The van der Waals surface area contributed by atoms with Crippen LogP contribution >= 0.6 is 0 Å². The minimum absolute atomic E-state index is 0.0571. The number of aliphatic hydroxyl groups is 1. The molecule has 0 bridgehead atoms. The molecular weight excluding hydrogens is 510 g/mol. The molecule has 3 rings (SSSR count). The standard InChI is InChI=1S/C30H48F2O7/c1-5-6-7-8-9-10-15-21-20(16-11-12-17-22(28(31)32)24(33)29(34)35-4)25(37-23-18-13-14-19-36-23)27-26(21)38-30(2,3)39-27/h10,15,20-21,23-27,33H,5-9,11-14,16-19H2,1-4H3/t20-,21-,23?,24?,25-,26+,27-/m1/s1. The van der Waals surface area contributed by atoms with E-state index in [1.54, 1.807) is 0 Å². The lowest BCUT2D eigenvalue weighted by Crippen LogP contribution is -2.39. The lowest BCUT2D eigenvalue weighted by atomic mass is 9.87. The van der Waals surface area contributed by atoms with Crippen LogP contribution in [0.1, 0.15) is 97.8 Å². The van der Waals surface area contributed by atoms with Gasteiger partial charge in [-0.1, -0.05) is 44.8 Å². The van der Waals surface area contributed by atoms with E-state index in [1.807, 2.05) is 13.8 Å². The molecule has 7 atom stereocenters. The molecule has 3 fully saturated rings.